The molecule has 1 aromatic rings. The number of hydrogen-bond donors (Lipinski definition) is 2. The van der Waals surface area contributed by atoms with E-state index in [1.54, 1.807) is 0 Å². The molecular weight excluding hydrogens is 258 g/mol. The molecule has 1 amide bonds. The summed E-state index contributed by atoms with van der Waals surface area (Å²) in [6.07, 6.45) is 4.49. The van der Waals surface area contributed by atoms with Crippen molar-refractivity contribution in [3.05, 3.63) is 5.89 Å². The Hall–Kier alpha value is -1.47. The first kappa shape index (κ1) is 13.5. The normalized spacial score (nSPS) is 23.0. The van der Waals surface area contributed by atoms with Gasteiger partial charge < -0.3 is 9.73 Å². The third-order valence-electron chi connectivity index (χ3n) is 3.90. The van der Waals surface area contributed by atoms with Crippen LogP contribution >= 0.6 is 0 Å². The summed E-state index contributed by atoms with van der Waals surface area (Å²) in [7, 11) is 1.97. The van der Waals surface area contributed by atoms with E-state index in [-0.39, 0.29) is 11.9 Å². The van der Waals surface area contributed by atoms with E-state index in [4.69, 9.17) is 4.42 Å². The number of aromatic nitrogens is 2. The Morgan fingerprint density at radius 2 is 2.30 bits per heavy atom. The van der Waals surface area contributed by atoms with Gasteiger partial charge in [-0.15, -0.1) is 5.10 Å². The molecule has 2 fully saturated rings. The van der Waals surface area contributed by atoms with Gasteiger partial charge in [0.05, 0.1) is 6.54 Å². The van der Waals surface area contributed by atoms with Gasteiger partial charge in [0, 0.05) is 18.5 Å². The second-order valence-corrected chi connectivity index (χ2v) is 5.68. The predicted molar refractivity (Wildman–Crippen MR) is 73.4 cm³/mol. The summed E-state index contributed by atoms with van der Waals surface area (Å²) in [6.45, 7) is 2.35. The van der Waals surface area contributed by atoms with Crippen molar-refractivity contribution in [3.8, 4) is 0 Å². The number of rotatable bonds is 5. The molecule has 7 nitrogen and oxygen atoms in total. The molecule has 0 aromatic carbocycles. The van der Waals surface area contributed by atoms with Crippen molar-refractivity contribution in [2.24, 2.45) is 0 Å². The summed E-state index contributed by atoms with van der Waals surface area (Å²) in [6, 6.07) is 0.631. The Labute approximate surface area is 118 Å². The molecule has 1 atom stereocenters. The van der Waals surface area contributed by atoms with Crippen LogP contribution in [0.4, 0.5) is 6.01 Å². The minimum absolute atomic E-state index is 0.107. The summed E-state index contributed by atoms with van der Waals surface area (Å²) in [5, 5.41) is 13.8. The molecule has 3 rings (SSSR count). The van der Waals surface area contributed by atoms with Crippen molar-refractivity contribution in [1.29, 1.82) is 0 Å². The van der Waals surface area contributed by atoms with Crippen LogP contribution in [0.25, 0.3) is 0 Å². The van der Waals surface area contributed by atoms with Crippen molar-refractivity contribution >= 4 is 11.9 Å². The van der Waals surface area contributed by atoms with E-state index < -0.39 is 0 Å². The zero-order valence-electron chi connectivity index (χ0n) is 11.8. The van der Waals surface area contributed by atoms with Gasteiger partial charge in [0.15, 0.2) is 0 Å². The summed E-state index contributed by atoms with van der Waals surface area (Å²) < 4.78 is 5.42. The summed E-state index contributed by atoms with van der Waals surface area (Å²) in [5.41, 5.74) is 0. The van der Waals surface area contributed by atoms with E-state index in [0.717, 1.165) is 38.8 Å². The standard InChI is InChI=1S/C13H21N5O2/c1-18(10-3-2-6-14-7-10)8-11(19)15-13-17-16-12(20-13)9-4-5-9/h9-10,14H,2-8H2,1H3,(H,15,17,19). The number of amides is 1. The highest BCUT2D eigenvalue weighted by atomic mass is 16.4. The quantitative estimate of drug-likeness (QED) is 0.820. The predicted octanol–water partition coefficient (Wildman–Crippen LogP) is 0.569. The van der Waals surface area contributed by atoms with Crippen molar-refractivity contribution in [2.75, 3.05) is 32.0 Å². The minimum atomic E-state index is -0.107. The highest BCUT2D eigenvalue weighted by Gasteiger charge is 2.29. The van der Waals surface area contributed by atoms with Gasteiger partial charge in [-0.25, -0.2) is 0 Å². The van der Waals surface area contributed by atoms with Gasteiger partial charge in [0.25, 0.3) is 0 Å². The lowest BCUT2D eigenvalue weighted by Gasteiger charge is -2.30. The summed E-state index contributed by atoms with van der Waals surface area (Å²) in [5.74, 6) is 0.943. The number of carbonyl (C=O) groups is 1. The molecule has 0 radical (unpaired) electrons. The van der Waals surface area contributed by atoms with Gasteiger partial charge in [-0.05, 0) is 39.3 Å². The maximum Gasteiger partial charge on any atom is 0.322 e. The first-order chi connectivity index (χ1) is 9.72. The van der Waals surface area contributed by atoms with Crippen molar-refractivity contribution in [1.82, 2.24) is 20.4 Å². The lowest BCUT2D eigenvalue weighted by atomic mass is 10.1. The Morgan fingerprint density at radius 3 is 3.00 bits per heavy atom. The zero-order valence-corrected chi connectivity index (χ0v) is 11.8. The number of piperidine rings is 1. The first-order valence-electron chi connectivity index (χ1n) is 7.26. The second-order valence-electron chi connectivity index (χ2n) is 5.68. The number of hydrogen-bond acceptors (Lipinski definition) is 6. The monoisotopic (exact) mass is 279 g/mol. The molecule has 7 heteroatoms. The Bertz CT molecular complexity index is 465. The maximum atomic E-state index is 12.0. The van der Waals surface area contributed by atoms with Crippen LogP contribution in [0.15, 0.2) is 4.42 Å². The third kappa shape index (κ3) is 3.34. The van der Waals surface area contributed by atoms with Crippen LogP contribution in [0.5, 0.6) is 0 Å². The van der Waals surface area contributed by atoms with Crippen LogP contribution < -0.4 is 10.6 Å². The fourth-order valence-electron chi connectivity index (χ4n) is 2.50. The highest BCUT2D eigenvalue weighted by molar-refractivity contribution is 5.90. The average molecular weight is 279 g/mol. The number of nitrogens with one attached hydrogen (secondary N) is 2. The van der Waals surface area contributed by atoms with Crippen LogP contribution in [-0.4, -0.2) is 53.7 Å². The molecule has 1 unspecified atom stereocenters. The highest BCUT2D eigenvalue weighted by Crippen LogP contribution is 2.39. The van der Waals surface area contributed by atoms with Crippen LogP contribution in [0.2, 0.25) is 0 Å². The van der Waals surface area contributed by atoms with E-state index >= 15 is 0 Å². The van der Waals surface area contributed by atoms with Crippen LogP contribution in [0, 0.1) is 0 Å². The molecule has 20 heavy (non-hydrogen) atoms. The Balaban J connectivity index is 1.47. The van der Waals surface area contributed by atoms with Crippen molar-refractivity contribution in [3.63, 3.8) is 0 Å². The molecule has 2 N–H and O–H groups in total. The first-order valence-corrected chi connectivity index (χ1v) is 7.26. The van der Waals surface area contributed by atoms with E-state index in [2.05, 4.69) is 25.7 Å². The zero-order chi connectivity index (χ0) is 13.9. The van der Waals surface area contributed by atoms with Crippen molar-refractivity contribution < 1.29 is 9.21 Å². The molecule has 1 saturated carbocycles. The average Bonchev–Trinajstić information content (AvgIpc) is 3.20. The molecule has 1 aliphatic carbocycles. The number of carbonyl (C=O) groups excluding carboxylic acids is 1. The Morgan fingerprint density at radius 1 is 1.45 bits per heavy atom. The SMILES string of the molecule is CN(CC(=O)Nc1nnc(C2CC2)o1)C1CCCNC1. The molecular formula is C13H21N5O2. The van der Waals surface area contributed by atoms with Gasteiger partial charge in [-0.1, -0.05) is 5.10 Å². The van der Waals surface area contributed by atoms with Gasteiger partial charge >= 0.3 is 6.01 Å². The lowest BCUT2D eigenvalue weighted by Crippen LogP contribution is -2.46. The van der Waals surface area contributed by atoms with E-state index in [0.29, 0.717) is 24.4 Å². The summed E-state index contributed by atoms with van der Waals surface area (Å²) >= 11 is 0. The molecule has 0 spiro atoms. The van der Waals surface area contributed by atoms with Crippen LogP contribution in [0.1, 0.15) is 37.5 Å². The topological polar surface area (TPSA) is 83.3 Å². The van der Waals surface area contributed by atoms with E-state index in [9.17, 15) is 4.79 Å². The maximum absolute atomic E-state index is 12.0. The van der Waals surface area contributed by atoms with Gasteiger partial charge in [-0.2, -0.15) is 0 Å². The fourth-order valence-corrected chi connectivity index (χ4v) is 2.50. The van der Waals surface area contributed by atoms with Gasteiger partial charge in [-0.3, -0.25) is 15.0 Å². The van der Waals surface area contributed by atoms with Crippen molar-refractivity contribution in [2.45, 2.75) is 37.6 Å². The lowest BCUT2D eigenvalue weighted by molar-refractivity contribution is -0.117. The smallest absolute Gasteiger partial charge is 0.322 e. The number of anilines is 1. The summed E-state index contributed by atoms with van der Waals surface area (Å²) in [4.78, 5) is 14.0. The molecule has 2 aliphatic rings. The number of nitrogens with zero attached hydrogens (tertiary/aromatic N) is 3. The molecule has 1 aliphatic heterocycles. The van der Waals surface area contributed by atoms with Gasteiger partial charge in [0.2, 0.25) is 11.8 Å². The minimum Gasteiger partial charge on any atom is -0.408 e. The molecule has 1 saturated heterocycles. The molecule has 0 bridgehead atoms. The van der Waals surface area contributed by atoms with Gasteiger partial charge in [0.1, 0.15) is 0 Å². The van der Waals surface area contributed by atoms with E-state index in [1.165, 1.54) is 0 Å². The molecule has 1 aromatic heterocycles. The largest absolute Gasteiger partial charge is 0.408 e. The fraction of sp³-hybridized carbons (Fsp3) is 0.769. The second kappa shape index (κ2) is 5.88. The van der Waals surface area contributed by atoms with Crippen LogP contribution in [-0.2, 0) is 4.79 Å². The number of likely N-dealkylation sites (N-methyl/N-ethyl adjacent to an activating group) is 1. The van der Waals surface area contributed by atoms with Crippen LogP contribution in [0.3, 0.4) is 0 Å². The molecule has 110 valence electrons. The Kier molecular flexibility index (Phi) is 3.98. The third-order valence-corrected chi connectivity index (χ3v) is 3.90. The van der Waals surface area contributed by atoms with E-state index in [1.807, 2.05) is 7.05 Å². The molecule has 2 heterocycles.